The molecule has 1 heterocycles. The monoisotopic (exact) mass is 330 g/mol. The first kappa shape index (κ1) is 17.0. The van der Waals surface area contributed by atoms with Gasteiger partial charge in [0.25, 0.3) is 0 Å². The van der Waals surface area contributed by atoms with Crippen LogP contribution in [0.2, 0.25) is 5.15 Å². The van der Waals surface area contributed by atoms with Crippen molar-refractivity contribution in [3.05, 3.63) is 71.0 Å². The summed E-state index contributed by atoms with van der Waals surface area (Å²) in [7, 11) is 0. The lowest BCUT2D eigenvalue weighted by molar-refractivity contribution is 0.129. The second-order valence-electron chi connectivity index (χ2n) is 5.62. The molecule has 0 fully saturated rings. The highest BCUT2D eigenvalue weighted by molar-refractivity contribution is 6.29. The molecule has 23 heavy (non-hydrogen) atoms. The zero-order chi connectivity index (χ0) is 16.9. The van der Waals surface area contributed by atoms with Crippen LogP contribution in [0, 0.1) is 0 Å². The number of carbonyl (C=O) groups excluding carboxylic acids is 1. The van der Waals surface area contributed by atoms with Gasteiger partial charge in [0.1, 0.15) is 11.8 Å². The van der Waals surface area contributed by atoms with Crippen molar-refractivity contribution >= 4 is 23.8 Å². The molecule has 0 saturated carbocycles. The highest BCUT2D eigenvalue weighted by Gasteiger charge is 2.24. The molecule has 120 valence electrons. The molecule has 0 bridgehead atoms. The Kier molecular flexibility index (Phi) is 5.40. The summed E-state index contributed by atoms with van der Waals surface area (Å²) in [6.07, 6.45) is 1.12. The maximum Gasteiger partial charge on any atom is 0.408 e. The molecule has 0 saturated heterocycles. The maximum atomic E-state index is 12.0. The van der Waals surface area contributed by atoms with Gasteiger partial charge in [0.15, 0.2) is 0 Å². The van der Waals surface area contributed by atoms with Crippen molar-refractivity contribution in [3.63, 3.8) is 0 Å². The highest BCUT2D eigenvalue weighted by atomic mass is 35.5. The second kappa shape index (κ2) is 7.29. The molecule has 2 aromatic rings. The second-order valence-corrected chi connectivity index (χ2v) is 6.01. The minimum Gasteiger partial charge on any atom is -0.445 e. The van der Waals surface area contributed by atoms with Crippen LogP contribution in [0.4, 0.5) is 4.79 Å². The average molecular weight is 331 g/mol. The van der Waals surface area contributed by atoms with E-state index in [9.17, 15) is 4.79 Å². The predicted octanol–water partition coefficient (Wildman–Crippen LogP) is 4.54. The topological polar surface area (TPSA) is 51.2 Å². The van der Waals surface area contributed by atoms with E-state index in [-0.39, 0.29) is 6.61 Å². The third-order valence-electron chi connectivity index (χ3n) is 3.37. The highest BCUT2D eigenvalue weighted by Crippen LogP contribution is 2.24. The number of hydrogen-bond donors (Lipinski definition) is 1. The van der Waals surface area contributed by atoms with Crippen molar-refractivity contribution in [3.8, 4) is 0 Å². The summed E-state index contributed by atoms with van der Waals surface area (Å²) in [4.78, 5) is 16.2. The summed E-state index contributed by atoms with van der Waals surface area (Å²) >= 11 is 6.01. The predicted molar refractivity (Wildman–Crippen MR) is 92.1 cm³/mol. The number of halogens is 1. The minimum atomic E-state index is -0.655. The Balaban J connectivity index is 2.03. The number of hydrogen-bond acceptors (Lipinski definition) is 3. The van der Waals surface area contributed by atoms with Gasteiger partial charge in [-0.3, -0.25) is 0 Å². The lowest BCUT2D eigenvalue weighted by Gasteiger charge is -2.26. The van der Waals surface area contributed by atoms with E-state index in [2.05, 4.69) is 16.9 Å². The fourth-order valence-corrected chi connectivity index (χ4v) is 2.28. The van der Waals surface area contributed by atoms with Gasteiger partial charge in [0, 0.05) is 0 Å². The standard InChI is InChI=1S/C18H19ClN2O2/c1-4-15-10-14(11-16(19)20-15)18(2,3)21-17(22)23-12-13-8-6-5-7-9-13/h4-11H,1,12H2,2-3H3,(H,21,22). The van der Waals surface area contributed by atoms with Crippen molar-refractivity contribution in [2.75, 3.05) is 0 Å². The van der Waals surface area contributed by atoms with Gasteiger partial charge in [-0.25, -0.2) is 9.78 Å². The molecule has 5 heteroatoms. The van der Waals surface area contributed by atoms with Crippen LogP contribution in [0.3, 0.4) is 0 Å². The minimum absolute atomic E-state index is 0.220. The van der Waals surface area contributed by atoms with Crippen LogP contribution < -0.4 is 5.32 Å². The number of benzene rings is 1. The summed E-state index contributed by atoms with van der Waals surface area (Å²) < 4.78 is 5.25. The average Bonchev–Trinajstić information content (AvgIpc) is 2.53. The molecule has 0 aliphatic carbocycles. The van der Waals surface area contributed by atoms with Crippen molar-refractivity contribution in [2.45, 2.75) is 26.0 Å². The van der Waals surface area contributed by atoms with Crippen LogP contribution in [-0.2, 0) is 16.9 Å². The van der Waals surface area contributed by atoms with Crippen molar-refractivity contribution in [1.29, 1.82) is 0 Å². The molecule has 0 aliphatic heterocycles. The zero-order valence-corrected chi connectivity index (χ0v) is 13.9. The molecule has 1 aromatic heterocycles. The zero-order valence-electron chi connectivity index (χ0n) is 13.2. The third-order valence-corrected chi connectivity index (χ3v) is 3.57. The Morgan fingerprint density at radius 1 is 1.35 bits per heavy atom. The molecular formula is C18H19ClN2O2. The summed E-state index contributed by atoms with van der Waals surface area (Å²) in [6, 6.07) is 13.1. The van der Waals surface area contributed by atoms with Gasteiger partial charge in [-0.1, -0.05) is 48.5 Å². The summed E-state index contributed by atoms with van der Waals surface area (Å²) in [5.41, 5.74) is 1.75. The molecular weight excluding hydrogens is 312 g/mol. The normalized spacial score (nSPS) is 10.9. The fraction of sp³-hybridized carbons (Fsp3) is 0.222. The lowest BCUT2D eigenvalue weighted by atomic mass is 9.95. The number of carbonyl (C=O) groups is 1. The number of aromatic nitrogens is 1. The third kappa shape index (κ3) is 4.83. The number of pyridine rings is 1. The molecule has 2 rings (SSSR count). The summed E-state index contributed by atoms with van der Waals surface area (Å²) in [6.45, 7) is 7.65. The largest absolute Gasteiger partial charge is 0.445 e. The van der Waals surface area contributed by atoms with Crippen LogP contribution >= 0.6 is 11.6 Å². The summed E-state index contributed by atoms with van der Waals surface area (Å²) in [5, 5.41) is 3.19. The number of rotatable bonds is 5. The smallest absolute Gasteiger partial charge is 0.408 e. The van der Waals surface area contributed by atoms with Gasteiger partial charge in [-0.2, -0.15) is 0 Å². The lowest BCUT2D eigenvalue weighted by Crippen LogP contribution is -2.41. The van der Waals surface area contributed by atoms with Gasteiger partial charge in [0.2, 0.25) is 0 Å². The number of ether oxygens (including phenoxy) is 1. The Labute approximate surface area is 141 Å². The first-order valence-corrected chi connectivity index (χ1v) is 7.58. The van der Waals surface area contributed by atoms with E-state index in [0.29, 0.717) is 10.8 Å². The molecule has 1 amide bonds. The number of amides is 1. The fourth-order valence-electron chi connectivity index (χ4n) is 2.07. The number of alkyl carbamates (subject to hydrolysis) is 1. The number of nitrogens with zero attached hydrogens (tertiary/aromatic N) is 1. The van der Waals surface area contributed by atoms with Gasteiger partial charge in [-0.05, 0) is 43.2 Å². The first-order valence-electron chi connectivity index (χ1n) is 7.20. The first-order chi connectivity index (χ1) is 10.9. The van der Waals surface area contributed by atoms with Gasteiger partial charge < -0.3 is 10.1 Å². The molecule has 1 N–H and O–H groups in total. The van der Waals surface area contributed by atoms with Crippen LogP contribution in [0.25, 0.3) is 6.08 Å². The van der Waals surface area contributed by atoms with Crippen LogP contribution in [0.1, 0.15) is 30.7 Å². The van der Waals surface area contributed by atoms with Gasteiger partial charge in [-0.15, -0.1) is 0 Å². The Bertz CT molecular complexity index is 699. The summed E-state index contributed by atoms with van der Waals surface area (Å²) in [5.74, 6) is 0. The number of nitrogens with one attached hydrogen (secondary N) is 1. The Morgan fingerprint density at radius 2 is 2.04 bits per heavy atom. The van der Waals surface area contributed by atoms with E-state index in [1.54, 1.807) is 12.1 Å². The van der Waals surface area contributed by atoms with E-state index >= 15 is 0 Å². The van der Waals surface area contributed by atoms with Crippen LogP contribution in [0.5, 0.6) is 0 Å². The van der Waals surface area contributed by atoms with Crippen LogP contribution in [-0.4, -0.2) is 11.1 Å². The van der Waals surface area contributed by atoms with Gasteiger partial charge >= 0.3 is 6.09 Å². The molecule has 4 nitrogen and oxygen atoms in total. The molecule has 0 spiro atoms. The van der Waals surface area contributed by atoms with Crippen LogP contribution in [0.15, 0.2) is 49.0 Å². The SMILES string of the molecule is C=Cc1cc(C(C)(C)NC(=O)OCc2ccccc2)cc(Cl)n1. The molecule has 0 unspecified atom stereocenters. The van der Waals surface area contributed by atoms with Crippen molar-refractivity contribution in [2.24, 2.45) is 0 Å². The maximum absolute atomic E-state index is 12.0. The van der Waals surface area contributed by atoms with Crippen molar-refractivity contribution < 1.29 is 9.53 Å². The molecule has 1 aromatic carbocycles. The van der Waals surface area contributed by atoms with E-state index in [1.165, 1.54) is 0 Å². The molecule has 0 radical (unpaired) electrons. The van der Waals surface area contributed by atoms with Gasteiger partial charge in [0.05, 0.1) is 11.2 Å². The van der Waals surface area contributed by atoms with E-state index in [1.807, 2.05) is 50.2 Å². The Hall–Kier alpha value is -2.33. The molecule has 0 atom stereocenters. The van der Waals surface area contributed by atoms with E-state index in [4.69, 9.17) is 16.3 Å². The van der Waals surface area contributed by atoms with Crippen molar-refractivity contribution in [1.82, 2.24) is 10.3 Å². The van der Waals surface area contributed by atoms with E-state index in [0.717, 1.165) is 11.1 Å². The van der Waals surface area contributed by atoms with E-state index < -0.39 is 11.6 Å². The Morgan fingerprint density at radius 3 is 2.70 bits per heavy atom. The molecule has 0 aliphatic rings. The quantitative estimate of drug-likeness (QED) is 0.819.